The predicted octanol–water partition coefficient (Wildman–Crippen LogP) is 1.15. The highest BCUT2D eigenvalue weighted by molar-refractivity contribution is 7.98. The first-order chi connectivity index (χ1) is 10.1. The Labute approximate surface area is 123 Å². The summed E-state index contributed by atoms with van der Waals surface area (Å²) < 4.78 is 10.5. The SMILES string of the molecule is CC(=O)N[C@@H](CSCc1nnc(-c2ccco2)o1)C(=O)O. The van der Waals surface area contributed by atoms with Crippen LogP contribution in [0.1, 0.15) is 12.8 Å². The normalized spacial score (nSPS) is 12.0. The highest BCUT2D eigenvalue weighted by Crippen LogP contribution is 2.20. The largest absolute Gasteiger partial charge is 0.480 e. The zero-order chi connectivity index (χ0) is 15.2. The Morgan fingerprint density at radius 3 is 2.90 bits per heavy atom. The first-order valence-electron chi connectivity index (χ1n) is 6.00. The molecule has 0 spiro atoms. The number of carboxylic acid groups (broad SMARTS) is 1. The molecule has 0 aliphatic carbocycles. The quantitative estimate of drug-likeness (QED) is 0.781. The van der Waals surface area contributed by atoms with E-state index in [-0.39, 0.29) is 17.6 Å². The number of aromatic nitrogens is 2. The Bertz CT molecular complexity index is 610. The number of amides is 1. The van der Waals surface area contributed by atoms with Crippen LogP contribution >= 0.6 is 11.8 Å². The summed E-state index contributed by atoms with van der Waals surface area (Å²) in [5.41, 5.74) is 0. The van der Waals surface area contributed by atoms with Crippen molar-refractivity contribution in [3.63, 3.8) is 0 Å². The van der Waals surface area contributed by atoms with Crippen LogP contribution in [0.15, 0.2) is 27.2 Å². The summed E-state index contributed by atoms with van der Waals surface area (Å²) in [6.45, 7) is 1.27. The van der Waals surface area contributed by atoms with Gasteiger partial charge in [0, 0.05) is 12.7 Å². The number of nitrogens with zero attached hydrogens (tertiary/aromatic N) is 2. The van der Waals surface area contributed by atoms with Crippen LogP contribution in [0, 0.1) is 0 Å². The second-order valence-corrected chi connectivity index (χ2v) is 5.11. The summed E-state index contributed by atoms with van der Waals surface area (Å²) in [5, 5.41) is 19.0. The molecule has 0 bridgehead atoms. The Morgan fingerprint density at radius 2 is 2.29 bits per heavy atom. The van der Waals surface area contributed by atoms with E-state index in [4.69, 9.17) is 13.9 Å². The summed E-state index contributed by atoms with van der Waals surface area (Å²) >= 11 is 1.27. The van der Waals surface area contributed by atoms with E-state index in [1.165, 1.54) is 24.9 Å². The average molecular weight is 311 g/mol. The molecule has 21 heavy (non-hydrogen) atoms. The summed E-state index contributed by atoms with van der Waals surface area (Å²) in [4.78, 5) is 21.8. The fraction of sp³-hybridized carbons (Fsp3) is 0.333. The van der Waals surface area contributed by atoms with Gasteiger partial charge in [0.05, 0.1) is 12.0 Å². The van der Waals surface area contributed by atoms with E-state index in [0.29, 0.717) is 17.4 Å². The van der Waals surface area contributed by atoms with Gasteiger partial charge in [-0.1, -0.05) is 0 Å². The lowest BCUT2D eigenvalue weighted by molar-refractivity contribution is -0.140. The van der Waals surface area contributed by atoms with Crippen molar-refractivity contribution >= 4 is 23.6 Å². The molecule has 1 atom stereocenters. The number of rotatable bonds is 7. The van der Waals surface area contributed by atoms with Gasteiger partial charge in [-0.05, 0) is 12.1 Å². The number of furan rings is 1. The number of nitrogens with one attached hydrogen (secondary N) is 1. The van der Waals surface area contributed by atoms with Gasteiger partial charge in [-0.2, -0.15) is 0 Å². The van der Waals surface area contributed by atoms with Crippen LogP contribution in [0.3, 0.4) is 0 Å². The standard InChI is InChI=1S/C12H13N3O5S/c1-7(16)13-8(12(17)18)5-21-6-10-14-15-11(20-10)9-3-2-4-19-9/h2-4,8H,5-6H2,1H3,(H,13,16)(H,17,18)/t8-/m0/s1. The molecule has 2 aromatic heterocycles. The number of hydrogen-bond acceptors (Lipinski definition) is 7. The monoisotopic (exact) mass is 311 g/mol. The molecule has 9 heteroatoms. The Balaban J connectivity index is 1.85. The average Bonchev–Trinajstić information content (AvgIpc) is 3.07. The van der Waals surface area contributed by atoms with Crippen molar-refractivity contribution in [1.82, 2.24) is 15.5 Å². The maximum absolute atomic E-state index is 10.9. The number of thioether (sulfide) groups is 1. The van der Waals surface area contributed by atoms with E-state index in [2.05, 4.69) is 15.5 Å². The van der Waals surface area contributed by atoms with Gasteiger partial charge in [-0.3, -0.25) is 4.79 Å². The van der Waals surface area contributed by atoms with E-state index in [1.807, 2.05) is 0 Å². The molecule has 1 amide bonds. The summed E-state index contributed by atoms with van der Waals surface area (Å²) in [6, 6.07) is 2.46. The van der Waals surface area contributed by atoms with Gasteiger partial charge in [0.15, 0.2) is 5.76 Å². The fourth-order valence-corrected chi connectivity index (χ4v) is 2.37. The summed E-state index contributed by atoms with van der Waals surface area (Å²) in [5.74, 6) is 0.177. The second kappa shape index (κ2) is 6.93. The number of carbonyl (C=O) groups excluding carboxylic acids is 1. The molecule has 0 radical (unpaired) electrons. The van der Waals surface area contributed by atoms with Crippen LogP contribution < -0.4 is 5.32 Å². The third-order valence-corrected chi connectivity index (χ3v) is 3.40. The second-order valence-electron chi connectivity index (χ2n) is 4.08. The van der Waals surface area contributed by atoms with E-state index in [0.717, 1.165) is 0 Å². The van der Waals surface area contributed by atoms with Crippen molar-refractivity contribution in [3.8, 4) is 11.7 Å². The lowest BCUT2D eigenvalue weighted by atomic mass is 10.3. The van der Waals surface area contributed by atoms with Gasteiger partial charge in [0.25, 0.3) is 5.89 Å². The molecule has 2 aromatic rings. The van der Waals surface area contributed by atoms with E-state index in [1.54, 1.807) is 12.1 Å². The molecule has 0 aliphatic rings. The van der Waals surface area contributed by atoms with Crippen LogP contribution in [0.25, 0.3) is 11.7 Å². The molecule has 0 aromatic carbocycles. The van der Waals surface area contributed by atoms with Gasteiger partial charge < -0.3 is 19.3 Å². The van der Waals surface area contributed by atoms with Crippen molar-refractivity contribution in [2.45, 2.75) is 18.7 Å². The van der Waals surface area contributed by atoms with Crippen molar-refractivity contribution in [2.24, 2.45) is 0 Å². The minimum absolute atomic E-state index is 0.202. The van der Waals surface area contributed by atoms with Gasteiger partial charge in [-0.25, -0.2) is 4.79 Å². The molecule has 112 valence electrons. The van der Waals surface area contributed by atoms with E-state index >= 15 is 0 Å². The minimum atomic E-state index is -1.08. The first-order valence-corrected chi connectivity index (χ1v) is 7.15. The number of hydrogen-bond donors (Lipinski definition) is 2. The molecule has 0 saturated heterocycles. The highest BCUT2D eigenvalue weighted by Gasteiger charge is 2.19. The summed E-state index contributed by atoms with van der Waals surface area (Å²) in [7, 11) is 0. The summed E-state index contributed by atoms with van der Waals surface area (Å²) in [6.07, 6.45) is 1.50. The molecular weight excluding hydrogens is 298 g/mol. The van der Waals surface area contributed by atoms with Gasteiger partial charge in [-0.15, -0.1) is 22.0 Å². The maximum atomic E-state index is 10.9. The fourth-order valence-electron chi connectivity index (χ4n) is 1.50. The van der Waals surface area contributed by atoms with Gasteiger partial charge >= 0.3 is 5.97 Å². The van der Waals surface area contributed by atoms with Crippen LogP contribution in [0.5, 0.6) is 0 Å². The zero-order valence-corrected chi connectivity index (χ0v) is 11.9. The Kier molecular flexibility index (Phi) is 4.99. The van der Waals surface area contributed by atoms with Gasteiger partial charge in [0.2, 0.25) is 11.8 Å². The molecule has 0 fully saturated rings. The number of carboxylic acids is 1. The molecule has 2 rings (SSSR count). The lowest BCUT2D eigenvalue weighted by Gasteiger charge is -2.11. The zero-order valence-electron chi connectivity index (χ0n) is 11.1. The Hall–Kier alpha value is -2.29. The topological polar surface area (TPSA) is 118 Å². The van der Waals surface area contributed by atoms with Gasteiger partial charge in [0.1, 0.15) is 6.04 Å². The molecule has 2 heterocycles. The van der Waals surface area contributed by atoms with Crippen LogP contribution in [0.4, 0.5) is 0 Å². The van der Waals surface area contributed by atoms with Crippen LogP contribution in [0.2, 0.25) is 0 Å². The molecular formula is C12H13N3O5S. The van der Waals surface area contributed by atoms with Crippen LogP contribution in [-0.2, 0) is 15.3 Å². The van der Waals surface area contributed by atoms with Crippen molar-refractivity contribution in [2.75, 3.05) is 5.75 Å². The third-order valence-electron chi connectivity index (χ3n) is 2.38. The molecule has 0 aliphatic heterocycles. The molecule has 8 nitrogen and oxygen atoms in total. The van der Waals surface area contributed by atoms with Crippen molar-refractivity contribution in [1.29, 1.82) is 0 Å². The molecule has 2 N–H and O–H groups in total. The van der Waals surface area contributed by atoms with Crippen molar-refractivity contribution < 1.29 is 23.5 Å². The molecule has 0 unspecified atom stereocenters. The van der Waals surface area contributed by atoms with E-state index < -0.39 is 12.0 Å². The number of carbonyl (C=O) groups is 2. The third kappa shape index (κ3) is 4.35. The highest BCUT2D eigenvalue weighted by atomic mass is 32.2. The van der Waals surface area contributed by atoms with Crippen LogP contribution in [-0.4, -0.2) is 39.0 Å². The minimum Gasteiger partial charge on any atom is -0.480 e. The smallest absolute Gasteiger partial charge is 0.327 e. The number of aliphatic carboxylic acids is 1. The first kappa shape index (κ1) is 15.1. The lowest BCUT2D eigenvalue weighted by Crippen LogP contribution is -2.41. The van der Waals surface area contributed by atoms with E-state index in [9.17, 15) is 9.59 Å². The predicted molar refractivity (Wildman–Crippen MR) is 73.4 cm³/mol. The Morgan fingerprint density at radius 1 is 1.48 bits per heavy atom. The van der Waals surface area contributed by atoms with Crippen molar-refractivity contribution in [3.05, 3.63) is 24.3 Å². The maximum Gasteiger partial charge on any atom is 0.327 e. The molecule has 0 saturated carbocycles.